The number of hydrogen-bond donors (Lipinski definition) is 1. The lowest BCUT2D eigenvalue weighted by atomic mass is 10.0. The molecule has 312 valence electrons. The van der Waals surface area contributed by atoms with Gasteiger partial charge in [-0.05, 0) is 93.0 Å². The summed E-state index contributed by atoms with van der Waals surface area (Å²) in [5.74, 6) is -1.63. The first-order chi connectivity index (χ1) is 27.1. The number of alkyl halides is 6. The van der Waals surface area contributed by atoms with Gasteiger partial charge in [0.15, 0.2) is 0 Å². The normalized spacial score (nSPS) is 16.2. The number of benzene rings is 2. The van der Waals surface area contributed by atoms with Crippen LogP contribution in [0.25, 0.3) is 0 Å². The zero-order chi connectivity index (χ0) is 42.7. The minimum atomic E-state index is -4.83. The van der Waals surface area contributed by atoms with E-state index in [0.29, 0.717) is 29.0 Å². The number of fused-ring (bicyclic) bond motifs is 2. The van der Waals surface area contributed by atoms with Gasteiger partial charge in [-0.1, -0.05) is 24.3 Å². The van der Waals surface area contributed by atoms with Gasteiger partial charge in [0, 0.05) is 11.8 Å². The smallest absolute Gasteiger partial charge is 0.422 e. The summed E-state index contributed by atoms with van der Waals surface area (Å²) in [5.41, 5.74) is -4.45. The maximum Gasteiger partial charge on any atom is 0.422 e. The Morgan fingerprint density at radius 3 is 1.40 bits per heavy atom. The van der Waals surface area contributed by atoms with Gasteiger partial charge >= 0.3 is 24.3 Å². The van der Waals surface area contributed by atoms with Crippen LogP contribution in [0.3, 0.4) is 0 Å². The summed E-state index contributed by atoms with van der Waals surface area (Å²) in [7, 11) is 2.99. The van der Waals surface area contributed by atoms with E-state index >= 15 is 0 Å². The number of nitrogens with zero attached hydrogens (tertiary/aromatic N) is 4. The van der Waals surface area contributed by atoms with Gasteiger partial charge in [0.1, 0.15) is 28.2 Å². The van der Waals surface area contributed by atoms with E-state index in [4.69, 9.17) is 19.3 Å². The molecular weight excluding hydrogens is 778 g/mol. The number of carbonyl (C=O) groups is 2. The lowest BCUT2D eigenvalue weighted by molar-refractivity contribution is -0.155. The van der Waals surface area contributed by atoms with Crippen molar-refractivity contribution < 1.29 is 55.2 Å². The summed E-state index contributed by atoms with van der Waals surface area (Å²) in [4.78, 5) is 48.4. The molecule has 2 aromatic heterocycles. The first-order valence-corrected chi connectivity index (χ1v) is 18.2. The summed E-state index contributed by atoms with van der Waals surface area (Å²) in [6, 6.07) is 13.1. The molecule has 0 saturated carbocycles. The Morgan fingerprint density at radius 2 is 1.07 bits per heavy atom. The summed E-state index contributed by atoms with van der Waals surface area (Å²) in [6.07, 6.45) is -9.48. The molecule has 0 fully saturated rings. The Balaban J connectivity index is 0.000000223. The number of aliphatic carboxylic acids is 1. The van der Waals surface area contributed by atoms with Crippen LogP contribution in [0.5, 0.6) is 11.5 Å². The number of methoxy groups -OCH3 is 2. The molecule has 2 heterocycles. The van der Waals surface area contributed by atoms with Gasteiger partial charge in [-0.3, -0.25) is 19.2 Å². The standard InChI is InChI=1S/C22H25F3N2O4.C18H17F3N2O4/c1-21(2,3)31-17(28)11-14-7-10-16-18(22(23,24)25)20(29)27(26-19(14)16)12-13-5-8-15(30-4)9-6-13;1-27-12-5-2-10(3-6-12)9-23-17(26)15(18(19,20)21)13-7-4-11(8-14(24)25)16(13)22-23/h5-6,8-9,14H,7,10-12H2,1-4H3;2-3,5-6,11H,4,7-9H2,1H3,(H,24,25). The number of ether oxygens (including phenoxy) is 3. The highest BCUT2D eigenvalue weighted by Gasteiger charge is 2.44. The molecule has 2 unspecified atom stereocenters. The third-order valence-electron chi connectivity index (χ3n) is 9.64. The highest BCUT2D eigenvalue weighted by molar-refractivity contribution is 5.71. The molecule has 0 bridgehead atoms. The zero-order valence-corrected chi connectivity index (χ0v) is 32.3. The van der Waals surface area contributed by atoms with Gasteiger partial charge in [0.25, 0.3) is 11.1 Å². The number of carboxylic acids is 1. The van der Waals surface area contributed by atoms with Crippen molar-refractivity contribution in [3.63, 3.8) is 0 Å². The van der Waals surface area contributed by atoms with Gasteiger partial charge in [0.2, 0.25) is 0 Å². The van der Waals surface area contributed by atoms with Crippen LogP contribution in [0.15, 0.2) is 58.1 Å². The molecule has 6 rings (SSSR count). The predicted molar refractivity (Wildman–Crippen MR) is 196 cm³/mol. The van der Waals surface area contributed by atoms with Crippen molar-refractivity contribution in [2.24, 2.45) is 0 Å². The summed E-state index contributed by atoms with van der Waals surface area (Å²) >= 11 is 0. The van der Waals surface area contributed by atoms with Crippen molar-refractivity contribution >= 4 is 11.9 Å². The minimum absolute atomic E-state index is 0.00621. The second-order valence-corrected chi connectivity index (χ2v) is 15.0. The van der Waals surface area contributed by atoms with Crippen LogP contribution in [0.1, 0.15) is 103 Å². The number of halogens is 6. The van der Waals surface area contributed by atoms with E-state index in [1.807, 2.05) is 0 Å². The predicted octanol–water partition coefficient (Wildman–Crippen LogP) is 6.90. The average Bonchev–Trinajstić information content (AvgIpc) is 3.69. The average molecular weight is 821 g/mol. The SMILES string of the molecule is COc1ccc(Cn2nc3c(c(C(F)(F)F)c2=O)CCC3CC(=O)O)cc1.COc1ccc(Cn2nc3c(c(C(F)(F)F)c2=O)CCC3CC(=O)OC(C)(C)C)cc1. The van der Waals surface area contributed by atoms with Crippen LogP contribution in [-0.4, -0.2) is 56.4 Å². The van der Waals surface area contributed by atoms with Gasteiger partial charge in [-0.15, -0.1) is 0 Å². The van der Waals surface area contributed by atoms with E-state index in [0.717, 1.165) is 9.36 Å². The molecule has 0 saturated heterocycles. The summed E-state index contributed by atoms with van der Waals surface area (Å²) < 4.78 is 99.0. The van der Waals surface area contributed by atoms with Crippen LogP contribution in [-0.2, 0) is 52.6 Å². The fourth-order valence-electron chi connectivity index (χ4n) is 7.12. The maximum absolute atomic E-state index is 13.8. The fraction of sp³-hybridized carbons (Fsp3) is 0.450. The number of esters is 1. The monoisotopic (exact) mass is 820 g/mol. The molecule has 0 spiro atoms. The van der Waals surface area contributed by atoms with Crippen molar-refractivity contribution in [2.75, 3.05) is 14.2 Å². The topological polar surface area (TPSA) is 152 Å². The van der Waals surface area contributed by atoms with Gasteiger partial charge < -0.3 is 19.3 Å². The molecule has 58 heavy (non-hydrogen) atoms. The van der Waals surface area contributed by atoms with Gasteiger partial charge in [0.05, 0.1) is 51.5 Å². The Hall–Kier alpha value is -5.68. The molecule has 2 atom stereocenters. The molecule has 0 amide bonds. The van der Waals surface area contributed by atoms with Crippen LogP contribution in [0.4, 0.5) is 26.3 Å². The molecule has 2 aliphatic rings. The van der Waals surface area contributed by atoms with Crippen molar-refractivity contribution in [3.05, 3.63) is 114 Å². The summed E-state index contributed by atoms with van der Waals surface area (Å²) in [6.45, 7) is 4.89. The number of aromatic nitrogens is 4. The lowest BCUT2D eigenvalue weighted by Gasteiger charge is -2.21. The molecule has 2 aliphatic carbocycles. The Morgan fingerprint density at radius 1 is 0.690 bits per heavy atom. The van der Waals surface area contributed by atoms with E-state index < -0.39 is 64.0 Å². The second kappa shape index (κ2) is 17.0. The van der Waals surface area contributed by atoms with E-state index in [2.05, 4.69) is 10.2 Å². The summed E-state index contributed by atoms with van der Waals surface area (Å²) in [5, 5.41) is 17.4. The molecule has 4 aromatic rings. The maximum atomic E-state index is 13.8. The van der Waals surface area contributed by atoms with E-state index in [1.54, 1.807) is 69.3 Å². The van der Waals surface area contributed by atoms with Crippen LogP contribution >= 0.6 is 0 Å². The van der Waals surface area contributed by atoms with Crippen LogP contribution < -0.4 is 20.6 Å². The van der Waals surface area contributed by atoms with Crippen molar-refractivity contribution in [1.29, 1.82) is 0 Å². The molecule has 12 nitrogen and oxygen atoms in total. The van der Waals surface area contributed by atoms with E-state index in [1.165, 1.54) is 14.2 Å². The van der Waals surface area contributed by atoms with Gasteiger partial charge in [-0.2, -0.15) is 36.5 Å². The first kappa shape index (κ1) is 43.4. The number of carbonyl (C=O) groups excluding carboxylic acids is 1. The molecule has 0 radical (unpaired) electrons. The van der Waals surface area contributed by atoms with E-state index in [9.17, 15) is 45.5 Å². The van der Waals surface area contributed by atoms with Gasteiger partial charge in [-0.25, -0.2) is 9.36 Å². The fourth-order valence-corrected chi connectivity index (χ4v) is 7.12. The lowest BCUT2D eigenvalue weighted by Crippen LogP contribution is -2.33. The Bertz CT molecular complexity index is 2260. The number of hydrogen-bond acceptors (Lipinski definition) is 9. The van der Waals surface area contributed by atoms with Crippen molar-refractivity contribution in [2.45, 2.75) is 102 Å². The quantitative estimate of drug-likeness (QED) is 0.132. The first-order valence-electron chi connectivity index (χ1n) is 18.2. The second-order valence-electron chi connectivity index (χ2n) is 15.0. The molecular formula is C40H42F6N4O8. The molecule has 0 aliphatic heterocycles. The molecule has 18 heteroatoms. The van der Waals surface area contributed by atoms with Crippen LogP contribution in [0.2, 0.25) is 0 Å². The number of carboxylic acid groups (broad SMARTS) is 1. The third kappa shape index (κ3) is 10.2. The van der Waals surface area contributed by atoms with E-state index in [-0.39, 0.29) is 67.7 Å². The third-order valence-corrected chi connectivity index (χ3v) is 9.64. The van der Waals surface area contributed by atoms with Crippen molar-refractivity contribution in [3.8, 4) is 11.5 Å². The highest BCUT2D eigenvalue weighted by atomic mass is 19.4. The highest BCUT2D eigenvalue weighted by Crippen LogP contribution is 2.41. The Labute approximate surface area is 328 Å². The minimum Gasteiger partial charge on any atom is -0.497 e. The largest absolute Gasteiger partial charge is 0.497 e. The molecule has 2 aromatic carbocycles. The van der Waals surface area contributed by atoms with Crippen LogP contribution in [0, 0.1) is 0 Å². The number of rotatable bonds is 10. The molecule has 1 N–H and O–H groups in total. The Kier molecular flexibility index (Phi) is 12.8. The van der Waals surface area contributed by atoms with Crippen molar-refractivity contribution in [1.82, 2.24) is 19.6 Å². The zero-order valence-electron chi connectivity index (χ0n) is 32.3.